The minimum Gasteiger partial charge on any atom is -0.478 e. The zero-order valence-corrected chi connectivity index (χ0v) is 12.7. The number of carbonyl (C=O) groups is 1. The molecular weight excluding hydrogens is 278 g/mol. The van der Waals surface area contributed by atoms with Crippen LogP contribution in [0.5, 0.6) is 0 Å². The molecule has 0 aliphatic carbocycles. The third-order valence-electron chi connectivity index (χ3n) is 3.81. The summed E-state index contributed by atoms with van der Waals surface area (Å²) in [7, 11) is 1.86. The van der Waals surface area contributed by atoms with Crippen LogP contribution in [0.1, 0.15) is 16.8 Å². The lowest BCUT2D eigenvalue weighted by Crippen LogP contribution is -2.03. The Labute approximate surface area is 128 Å². The van der Waals surface area contributed by atoms with Crippen molar-refractivity contribution in [2.75, 3.05) is 0 Å². The van der Waals surface area contributed by atoms with E-state index in [1.807, 2.05) is 30.8 Å². The summed E-state index contributed by atoms with van der Waals surface area (Å²) >= 11 is 0. The second kappa shape index (κ2) is 5.18. The van der Waals surface area contributed by atoms with Crippen molar-refractivity contribution in [2.24, 2.45) is 7.05 Å². The highest BCUT2D eigenvalue weighted by atomic mass is 16.4. The molecule has 0 unspecified atom stereocenters. The topological polar surface area (TPSA) is 60.0 Å². The molecule has 5 nitrogen and oxygen atoms in total. The maximum Gasteiger partial charge on any atom is 0.328 e. The molecule has 0 saturated carbocycles. The molecule has 0 bridgehead atoms. The number of aryl methyl sites for hydroxylation is 3. The van der Waals surface area contributed by atoms with Crippen LogP contribution in [0.4, 0.5) is 0 Å². The van der Waals surface area contributed by atoms with Gasteiger partial charge < -0.3 is 9.67 Å². The van der Waals surface area contributed by atoms with Crippen LogP contribution in [0, 0.1) is 13.8 Å². The summed E-state index contributed by atoms with van der Waals surface area (Å²) < 4.78 is 3.82. The van der Waals surface area contributed by atoms with Gasteiger partial charge in [-0.2, -0.15) is 5.10 Å². The maximum absolute atomic E-state index is 10.8. The van der Waals surface area contributed by atoms with Crippen LogP contribution < -0.4 is 0 Å². The molecule has 112 valence electrons. The van der Waals surface area contributed by atoms with E-state index < -0.39 is 5.97 Å². The molecular formula is C17H17N3O2. The van der Waals surface area contributed by atoms with Crippen molar-refractivity contribution in [1.82, 2.24) is 14.3 Å². The van der Waals surface area contributed by atoms with Crippen LogP contribution in [0.15, 0.2) is 36.5 Å². The minimum atomic E-state index is -0.970. The maximum atomic E-state index is 10.8. The van der Waals surface area contributed by atoms with Gasteiger partial charge in [-0.1, -0.05) is 12.1 Å². The summed E-state index contributed by atoms with van der Waals surface area (Å²) in [5.74, 6) is -0.113. The molecule has 2 heterocycles. The lowest BCUT2D eigenvalue weighted by Gasteiger charge is -2.08. The first-order valence-electron chi connectivity index (χ1n) is 7.00. The molecule has 1 aromatic carbocycles. The van der Waals surface area contributed by atoms with Gasteiger partial charge in [-0.15, -0.1) is 0 Å². The smallest absolute Gasteiger partial charge is 0.328 e. The Morgan fingerprint density at radius 1 is 1.27 bits per heavy atom. The van der Waals surface area contributed by atoms with Crippen molar-refractivity contribution in [1.29, 1.82) is 0 Å². The van der Waals surface area contributed by atoms with E-state index in [2.05, 4.69) is 30.2 Å². The second-order valence-corrected chi connectivity index (χ2v) is 5.31. The van der Waals surface area contributed by atoms with E-state index in [0.29, 0.717) is 0 Å². The first kappa shape index (κ1) is 14.1. The summed E-state index contributed by atoms with van der Waals surface area (Å²) in [5, 5.41) is 14.5. The Balaban J connectivity index is 2.27. The summed E-state index contributed by atoms with van der Waals surface area (Å²) in [4.78, 5) is 10.8. The molecule has 0 saturated heterocycles. The molecule has 0 aliphatic rings. The molecule has 2 aromatic heterocycles. The molecule has 0 amide bonds. The Kier molecular flexibility index (Phi) is 3.33. The normalized spacial score (nSPS) is 11.6. The summed E-state index contributed by atoms with van der Waals surface area (Å²) in [6, 6.07) is 8.21. The number of hydrogen-bond acceptors (Lipinski definition) is 2. The van der Waals surface area contributed by atoms with Crippen LogP contribution >= 0.6 is 0 Å². The monoisotopic (exact) mass is 295 g/mol. The molecule has 0 aliphatic heterocycles. The average Bonchev–Trinajstić information content (AvgIpc) is 2.98. The Morgan fingerprint density at radius 3 is 2.77 bits per heavy atom. The van der Waals surface area contributed by atoms with Crippen LogP contribution in [0.25, 0.3) is 22.8 Å². The van der Waals surface area contributed by atoms with E-state index in [9.17, 15) is 4.79 Å². The van der Waals surface area contributed by atoms with E-state index in [1.165, 1.54) is 10.9 Å². The molecule has 22 heavy (non-hydrogen) atoms. The molecule has 0 fully saturated rings. The molecule has 3 rings (SSSR count). The van der Waals surface area contributed by atoms with Crippen molar-refractivity contribution in [2.45, 2.75) is 13.8 Å². The quantitative estimate of drug-likeness (QED) is 0.755. The van der Waals surface area contributed by atoms with Crippen LogP contribution in [0.3, 0.4) is 0 Å². The first-order chi connectivity index (χ1) is 10.5. The van der Waals surface area contributed by atoms with Gasteiger partial charge in [0.1, 0.15) is 5.82 Å². The van der Waals surface area contributed by atoms with Crippen molar-refractivity contribution < 1.29 is 9.90 Å². The number of rotatable bonds is 3. The number of nitrogens with zero attached hydrogens (tertiary/aromatic N) is 3. The van der Waals surface area contributed by atoms with E-state index in [4.69, 9.17) is 5.11 Å². The zero-order valence-electron chi connectivity index (χ0n) is 12.7. The van der Waals surface area contributed by atoms with Gasteiger partial charge in [0, 0.05) is 30.3 Å². The lowest BCUT2D eigenvalue weighted by molar-refractivity contribution is -0.131. The summed E-state index contributed by atoms with van der Waals surface area (Å²) in [5.41, 5.74) is 3.89. The molecule has 0 spiro atoms. The van der Waals surface area contributed by atoms with Crippen LogP contribution in [-0.4, -0.2) is 25.4 Å². The van der Waals surface area contributed by atoms with Gasteiger partial charge in [-0.05, 0) is 37.6 Å². The highest BCUT2D eigenvalue weighted by molar-refractivity contribution is 5.88. The van der Waals surface area contributed by atoms with Crippen molar-refractivity contribution in [3.8, 4) is 5.82 Å². The third-order valence-corrected chi connectivity index (χ3v) is 3.81. The van der Waals surface area contributed by atoms with Crippen molar-refractivity contribution >= 4 is 22.9 Å². The SMILES string of the molecule is Cc1nn(C)c(-n2ccc3c(C)cccc32)c1C=CC(=O)O. The van der Waals surface area contributed by atoms with E-state index in [0.717, 1.165) is 28.7 Å². The van der Waals surface area contributed by atoms with Crippen LogP contribution in [0.2, 0.25) is 0 Å². The highest BCUT2D eigenvalue weighted by Gasteiger charge is 2.15. The largest absolute Gasteiger partial charge is 0.478 e. The number of carboxylic acids is 1. The number of aromatic nitrogens is 3. The predicted octanol–water partition coefficient (Wildman–Crippen LogP) is 3.08. The van der Waals surface area contributed by atoms with Crippen molar-refractivity contribution in [3.63, 3.8) is 0 Å². The number of carboxylic acid groups (broad SMARTS) is 1. The number of fused-ring (bicyclic) bond motifs is 1. The number of aliphatic carboxylic acids is 1. The zero-order chi connectivity index (χ0) is 15.9. The van der Waals surface area contributed by atoms with Gasteiger partial charge in [0.2, 0.25) is 0 Å². The lowest BCUT2D eigenvalue weighted by atomic mass is 10.1. The predicted molar refractivity (Wildman–Crippen MR) is 86.2 cm³/mol. The summed E-state index contributed by atoms with van der Waals surface area (Å²) in [6.45, 7) is 3.95. The Morgan fingerprint density at radius 2 is 2.05 bits per heavy atom. The Bertz CT molecular complexity index is 900. The van der Waals surface area contributed by atoms with E-state index >= 15 is 0 Å². The number of benzene rings is 1. The van der Waals surface area contributed by atoms with Gasteiger partial charge >= 0.3 is 5.97 Å². The molecule has 0 radical (unpaired) electrons. The van der Waals surface area contributed by atoms with Crippen LogP contribution in [-0.2, 0) is 11.8 Å². The molecule has 1 N–H and O–H groups in total. The fraction of sp³-hybridized carbons (Fsp3) is 0.176. The molecule has 3 aromatic rings. The fourth-order valence-electron chi connectivity index (χ4n) is 2.80. The van der Waals surface area contributed by atoms with Gasteiger partial charge in [-0.3, -0.25) is 4.68 Å². The van der Waals surface area contributed by atoms with Gasteiger partial charge in [0.05, 0.1) is 11.2 Å². The van der Waals surface area contributed by atoms with Crippen molar-refractivity contribution in [3.05, 3.63) is 53.4 Å². The number of hydrogen-bond donors (Lipinski definition) is 1. The van der Waals surface area contributed by atoms with Gasteiger partial charge in [-0.25, -0.2) is 4.79 Å². The minimum absolute atomic E-state index is 0.796. The molecule has 0 atom stereocenters. The Hall–Kier alpha value is -2.82. The first-order valence-corrected chi connectivity index (χ1v) is 7.00. The van der Waals surface area contributed by atoms with E-state index in [1.54, 1.807) is 10.8 Å². The second-order valence-electron chi connectivity index (χ2n) is 5.31. The van der Waals surface area contributed by atoms with E-state index in [-0.39, 0.29) is 0 Å². The molecule has 5 heteroatoms. The highest BCUT2D eigenvalue weighted by Crippen LogP contribution is 2.26. The summed E-state index contributed by atoms with van der Waals surface area (Å²) in [6.07, 6.45) is 4.73. The fourth-order valence-corrected chi connectivity index (χ4v) is 2.80. The average molecular weight is 295 g/mol. The third kappa shape index (κ3) is 2.20. The van der Waals surface area contributed by atoms with Gasteiger partial charge in [0.25, 0.3) is 0 Å². The van der Waals surface area contributed by atoms with Gasteiger partial charge in [0.15, 0.2) is 0 Å². The standard InChI is InChI=1S/C17H17N3O2/c1-11-5-4-6-15-13(11)9-10-20(15)17-14(7-8-16(21)22)12(2)18-19(17)3/h4-10H,1-3H3,(H,21,22).